The van der Waals surface area contributed by atoms with Crippen LogP contribution in [0, 0.1) is 23.7 Å². The van der Waals surface area contributed by atoms with Crippen molar-refractivity contribution in [3.8, 4) is 0 Å². The summed E-state index contributed by atoms with van der Waals surface area (Å²) in [5.41, 5.74) is 12.5. The molecule has 1 aromatic carbocycles. The second-order valence-corrected chi connectivity index (χ2v) is 21.7. The van der Waals surface area contributed by atoms with Crippen molar-refractivity contribution in [2.75, 3.05) is 25.2 Å². The van der Waals surface area contributed by atoms with Crippen LogP contribution < -0.4 is 59.3 Å². The zero-order valence-electron chi connectivity index (χ0n) is 47.5. The van der Waals surface area contributed by atoms with Crippen LogP contribution in [0.25, 0.3) is 10.9 Å². The van der Waals surface area contributed by atoms with Gasteiger partial charge in [0, 0.05) is 29.9 Å². The van der Waals surface area contributed by atoms with Gasteiger partial charge in [-0.15, -0.1) is 0 Å². The van der Waals surface area contributed by atoms with Gasteiger partial charge in [0.25, 0.3) is 0 Å². The van der Waals surface area contributed by atoms with Gasteiger partial charge >= 0.3 is 11.9 Å². The predicted molar refractivity (Wildman–Crippen MR) is 300 cm³/mol. The molecule has 81 heavy (non-hydrogen) atoms. The molecule has 1 aromatic heterocycles. The quantitative estimate of drug-likeness (QED) is 0.0362. The van der Waals surface area contributed by atoms with Gasteiger partial charge in [0.05, 0.1) is 25.6 Å². The van der Waals surface area contributed by atoms with Crippen LogP contribution in [-0.4, -0.2) is 171 Å². The normalized spacial score (nSPS) is 15.4. The van der Waals surface area contributed by atoms with Gasteiger partial charge in [-0.2, -0.15) is 11.8 Å². The van der Waals surface area contributed by atoms with E-state index in [-0.39, 0.29) is 31.6 Å². The predicted octanol–water partition coefficient (Wildman–Crippen LogP) is -1.60. The molecule has 17 N–H and O–H groups in total. The summed E-state index contributed by atoms with van der Waals surface area (Å²) in [6.07, 6.45) is 2.30. The lowest BCUT2D eigenvalue weighted by atomic mass is 9.95. The number of nitrogens with one attached hydrogen (secondary N) is 10. The number of hydrogen-bond donors (Lipinski definition) is 15. The molecular formula is C53H84N12O15S. The highest BCUT2D eigenvalue weighted by molar-refractivity contribution is 7.98. The maximum absolute atomic E-state index is 14.5. The van der Waals surface area contributed by atoms with Crippen LogP contribution in [0.2, 0.25) is 0 Å². The highest BCUT2D eigenvalue weighted by atomic mass is 32.2. The lowest BCUT2D eigenvalue weighted by Gasteiger charge is -2.30. The topological polar surface area (TPSA) is 442 Å². The lowest BCUT2D eigenvalue weighted by molar-refractivity contribution is -0.143. The molecule has 0 unspecified atom stereocenters. The SMILES string of the molecule is CC[C@H](C)[C@H](NC(=O)CNC(=O)[C@H](CC(C)C)NC(=O)[C@H](Cc1c[nH]c2ccccc12)NC(=O)[C@@H](NC(=O)[C@@H](NC(=O)[C@H](CC(=O)O)NC(=O)[C@H](CCC(N)=O)NC(=O)[C@H](CO)NC(=O)[C@@H](N)CCSC)[C@@H](C)CC)C(C)C)C(=O)O. The number of amides is 10. The molecule has 0 saturated heterocycles. The first-order valence-electron chi connectivity index (χ1n) is 26.9. The Morgan fingerprint density at radius 3 is 1.72 bits per heavy atom. The second kappa shape index (κ2) is 34.7. The van der Waals surface area contributed by atoms with E-state index in [0.717, 1.165) is 0 Å². The number of H-pyrrole nitrogens is 1. The average Bonchev–Trinajstić information content (AvgIpc) is 3.91. The number of carbonyl (C=O) groups excluding carboxylic acids is 10. The van der Waals surface area contributed by atoms with Crippen molar-refractivity contribution in [1.29, 1.82) is 0 Å². The van der Waals surface area contributed by atoms with Crippen molar-refractivity contribution < 1.29 is 72.9 Å². The van der Waals surface area contributed by atoms with Gasteiger partial charge in [-0.25, -0.2) is 4.79 Å². The molecule has 1 heterocycles. The number of hydrogen-bond acceptors (Lipinski definition) is 15. The number of aromatic amines is 1. The third-order valence-electron chi connectivity index (χ3n) is 13.4. The van der Waals surface area contributed by atoms with E-state index in [1.165, 1.54) is 11.8 Å². The Bertz CT molecular complexity index is 2510. The van der Waals surface area contributed by atoms with Crippen LogP contribution in [0.15, 0.2) is 30.5 Å². The van der Waals surface area contributed by atoms with Crippen LogP contribution in [0.5, 0.6) is 0 Å². The number of primary amides is 1. The van der Waals surface area contributed by atoms with Crippen LogP contribution in [0.1, 0.15) is 106 Å². The molecule has 10 amide bonds. The van der Waals surface area contributed by atoms with E-state index in [1.807, 2.05) is 0 Å². The summed E-state index contributed by atoms with van der Waals surface area (Å²) in [4.78, 5) is 162. The van der Waals surface area contributed by atoms with Gasteiger partial charge in [-0.1, -0.05) is 86.4 Å². The van der Waals surface area contributed by atoms with Crippen molar-refractivity contribution >= 4 is 93.7 Å². The molecular weight excluding hydrogens is 1080 g/mol. The molecule has 28 heteroatoms. The van der Waals surface area contributed by atoms with E-state index in [2.05, 4.69) is 52.8 Å². The zero-order valence-corrected chi connectivity index (χ0v) is 48.3. The molecule has 0 aliphatic heterocycles. The fourth-order valence-corrected chi connectivity index (χ4v) is 8.72. The van der Waals surface area contributed by atoms with Crippen molar-refractivity contribution in [3.05, 3.63) is 36.0 Å². The van der Waals surface area contributed by atoms with E-state index in [1.54, 1.807) is 92.1 Å². The Morgan fingerprint density at radius 2 is 1.15 bits per heavy atom. The van der Waals surface area contributed by atoms with E-state index >= 15 is 0 Å². The maximum atomic E-state index is 14.5. The second-order valence-electron chi connectivity index (χ2n) is 20.8. The van der Waals surface area contributed by atoms with E-state index in [0.29, 0.717) is 28.6 Å². The number of rotatable bonds is 37. The van der Waals surface area contributed by atoms with Crippen LogP contribution >= 0.6 is 11.8 Å². The van der Waals surface area contributed by atoms with E-state index < -0.39 is 176 Å². The number of aliphatic hydroxyl groups is 1. The first-order valence-corrected chi connectivity index (χ1v) is 28.3. The molecule has 2 aromatic rings. The Labute approximate surface area is 475 Å². The highest BCUT2D eigenvalue weighted by Crippen LogP contribution is 2.20. The molecule has 11 atom stereocenters. The third-order valence-corrected chi connectivity index (χ3v) is 14.1. The Kier molecular flexibility index (Phi) is 29.9. The Balaban J connectivity index is 2.46. The van der Waals surface area contributed by atoms with Gasteiger partial charge in [-0.05, 0) is 66.6 Å². The maximum Gasteiger partial charge on any atom is 0.326 e. The number of carboxylic acid groups (broad SMARTS) is 2. The molecule has 0 saturated carbocycles. The molecule has 0 radical (unpaired) electrons. The lowest BCUT2D eigenvalue weighted by Crippen LogP contribution is -2.62. The van der Waals surface area contributed by atoms with Crippen molar-refractivity contribution in [2.24, 2.45) is 35.1 Å². The van der Waals surface area contributed by atoms with Gasteiger partial charge in [0.1, 0.15) is 48.3 Å². The molecule has 0 aliphatic rings. The van der Waals surface area contributed by atoms with Crippen molar-refractivity contribution in [1.82, 2.24) is 52.8 Å². The molecule has 27 nitrogen and oxygen atoms in total. The number of fused-ring (bicyclic) bond motifs is 1. The number of para-hydroxylation sites is 1. The van der Waals surface area contributed by atoms with E-state index in [9.17, 15) is 72.9 Å². The third kappa shape index (κ3) is 23.4. The van der Waals surface area contributed by atoms with Gasteiger partial charge in [-0.3, -0.25) is 52.7 Å². The van der Waals surface area contributed by atoms with Gasteiger partial charge in [0.2, 0.25) is 59.1 Å². The number of aromatic nitrogens is 1. The van der Waals surface area contributed by atoms with Crippen molar-refractivity contribution in [2.45, 2.75) is 161 Å². The largest absolute Gasteiger partial charge is 0.481 e. The van der Waals surface area contributed by atoms with Gasteiger partial charge < -0.3 is 79.6 Å². The number of aliphatic hydroxyl groups excluding tert-OH is 1. The summed E-state index contributed by atoms with van der Waals surface area (Å²) < 4.78 is 0. The molecule has 452 valence electrons. The van der Waals surface area contributed by atoms with Crippen LogP contribution in [0.4, 0.5) is 0 Å². The summed E-state index contributed by atoms with van der Waals surface area (Å²) in [5, 5.41) is 52.4. The summed E-state index contributed by atoms with van der Waals surface area (Å²) >= 11 is 1.42. The zero-order chi connectivity index (χ0) is 61.3. The van der Waals surface area contributed by atoms with Crippen molar-refractivity contribution in [3.63, 3.8) is 0 Å². The summed E-state index contributed by atoms with van der Waals surface area (Å²) in [6.45, 7) is 11.9. The first-order chi connectivity index (χ1) is 38.1. The smallest absolute Gasteiger partial charge is 0.326 e. The average molecular weight is 1160 g/mol. The molecule has 0 aliphatic carbocycles. The fraction of sp³-hybridized carbons (Fsp3) is 0.623. The summed E-state index contributed by atoms with van der Waals surface area (Å²) in [6, 6.07) is -5.86. The van der Waals surface area contributed by atoms with E-state index in [4.69, 9.17) is 11.5 Å². The number of carbonyl (C=O) groups is 12. The van der Waals surface area contributed by atoms with Crippen LogP contribution in [0.3, 0.4) is 0 Å². The summed E-state index contributed by atoms with van der Waals surface area (Å²) in [5.74, 6) is -13.6. The standard InChI is InChI=1S/C53H84N12O15S/c1-10-28(7)43(65-49(75)37(22-41(69)70)60-47(73)34(16-17-39(55)67)58-50(76)38(25-66)62-45(71)32(54)18-19-81-9)52(78)64-42(27(5)6)51(77)61-36(21-30-23-56-33-15-13-12-14-31(30)33)48(74)59-35(20-26(3)4)46(72)57-24-40(68)63-44(53(79)80)29(8)11-2/h12-15,23,26-29,32,34-38,42-44,56,66H,10-11,16-22,24-25,54H2,1-9H3,(H2,55,67)(H,57,72)(H,58,76)(H,59,74)(H,60,73)(H,61,77)(H,62,71)(H,63,68)(H,64,78)(H,65,75)(H,69,70)(H,79,80)/t28-,29-,32-,34-,35-,36-,37-,38-,42-,43-,44-/m0/s1. The van der Waals surface area contributed by atoms with Crippen LogP contribution in [-0.2, 0) is 64.0 Å². The van der Waals surface area contributed by atoms with Gasteiger partial charge in [0.15, 0.2) is 0 Å². The Morgan fingerprint density at radius 1 is 0.617 bits per heavy atom. The Hall–Kier alpha value is -7.33. The number of carboxylic acids is 2. The first kappa shape index (κ1) is 69.8. The summed E-state index contributed by atoms with van der Waals surface area (Å²) in [7, 11) is 0. The number of aliphatic carboxylic acids is 2. The minimum Gasteiger partial charge on any atom is -0.481 e. The number of nitrogens with two attached hydrogens (primary N) is 2. The monoisotopic (exact) mass is 1160 g/mol. The molecule has 0 fully saturated rings. The number of thioether (sulfide) groups is 1. The minimum atomic E-state index is -1.92. The molecule has 0 spiro atoms. The minimum absolute atomic E-state index is 0.0785. The molecule has 2 rings (SSSR count). The highest BCUT2D eigenvalue weighted by Gasteiger charge is 2.38. The number of benzene rings is 1. The molecule has 0 bridgehead atoms. The fourth-order valence-electron chi connectivity index (χ4n) is 8.23.